The van der Waals surface area contributed by atoms with Gasteiger partial charge in [0.2, 0.25) is 5.78 Å². The molecule has 0 amide bonds. The second-order valence-electron chi connectivity index (χ2n) is 19.5. The lowest BCUT2D eigenvalue weighted by molar-refractivity contribution is 0.660. The number of hydrogen-bond acceptors (Lipinski definition) is 2. The van der Waals surface area contributed by atoms with Crippen molar-refractivity contribution in [3.8, 4) is 50.2 Å². The molecule has 15 rings (SSSR count). The van der Waals surface area contributed by atoms with Crippen molar-refractivity contribution in [2.75, 3.05) is 4.90 Å². The second-order valence-corrected chi connectivity index (χ2v) is 19.5. The van der Waals surface area contributed by atoms with Crippen molar-refractivity contribution in [1.29, 1.82) is 0 Å². The van der Waals surface area contributed by atoms with E-state index in [0.717, 1.165) is 56.0 Å². The van der Waals surface area contributed by atoms with Crippen LogP contribution in [0.15, 0.2) is 231 Å². The lowest BCUT2D eigenvalue weighted by Gasteiger charge is -2.32. The van der Waals surface area contributed by atoms with Crippen LogP contribution in [0.3, 0.4) is 0 Å². The minimum absolute atomic E-state index is 0.153. The summed E-state index contributed by atoms with van der Waals surface area (Å²) in [5.74, 6) is 0.913. The van der Waals surface area contributed by atoms with Crippen LogP contribution in [0.2, 0.25) is 0 Å². The molecular formula is C65H44N4. The fraction of sp³-hybridized carbons (Fsp3) is 0.0615. The third kappa shape index (κ3) is 5.05. The molecule has 324 valence electrons. The summed E-state index contributed by atoms with van der Waals surface area (Å²) >= 11 is 0. The second kappa shape index (κ2) is 13.9. The van der Waals surface area contributed by atoms with Crippen molar-refractivity contribution in [3.05, 3.63) is 264 Å². The summed E-state index contributed by atoms with van der Waals surface area (Å²) in [6.07, 6.45) is 0. The molecule has 2 aromatic heterocycles. The van der Waals surface area contributed by atoms with E-state index in [1.54, 1.807) is 0 Å². The molecule has 3 aliphatic carbocycles. The van der Waals surface area contributed by atoms with E-state index in [4.69, 9.17) is 4.98 Å². The first-order chi connectivity index (χ1) is 34.0. The van der Waals surface area contributed by atoms with Crippen LogP contribution in [0.5, 0.6) is 0 Å². The van der Waals surface area contributed by atoms with Gasteiger partial charge in [-0.1, -0.05) is 178 Å². The molecule has 4 nitrogen and oxygen atoms in total. The number of imidazole rings is 2. The highest BCUT2D eigenvalue weighted by molar-refractivity contribution is 6.01. The SMILES string of the molecule is CC1(C)c2ccccc2-c2ccc(N(c3ccc(-c4ccc(-n5c6ccccc6n6c7ccccc7nc56)cc4)cc3)c3cccc4c3-c3ccccc3C43c4ccccc4-c4ccccc43)cc21. The predicted molar refractivity (Wildman–Crippen MR) is 284 cm³/mol. The number of fused-ring (bicyclic) bond motifs is 18. The topological polar surface area (TPSA) is 25.5 Å². The van der Waals surface area contributed by atoms with Crippen LogP contribution in [0.4, 0.5) is 17.1 Å². The molecule has 0 aliphatic heterocycles. The summed E-state index contributed by atoms with van der Waals surface area (Å²) in [7, 11) is 0. The van der Waals surface area contributed by atoms with Crippen LogP contribution >= 0.6 is 0 Å². The zero-order valence-corrected chi connectivity index (χ0v) is 38.2. The monoisotopic (exact) mass is 880 g/mol. The molecule has 1 spiro atoms. The van der Waals surface area contributed by atoms with Crippen molar-refractivity contribution in [2.24, 2.45) is 0 Å². The molecule has 12 aromatic rings. The van der Waals surface area contributed by atoms with Crippen molar-refractivity contribution in [2.45, 2.75) is 24.7 Å². The van der Waals surface area contributed by atoms with Crippen LogP contribution < -0.4 is 4.90 Å². The Morgan fingerprint density at radius 2 is 0.899 bits per heavy atom. The number of para-hydroxylation sites is 4. The third-order valence-electron chi connectivity index (χ3n) is 15.8. The van der Waals surface area contributed by atoms with Gasteiger partial charge in [-0.2, -0.15) is 0 Å². The number of benzene rings is 10. The Morgan fingerprint density at radius 1 is 0.391 bits per heavy atom. The maximum Gasteiger partial charge on any atom is 0.220 e. The number of hydrogen-bond donors (Lipinski definition) is 0. The standard InChI is InChI=1S/C65H44N4/c1-64(2)51-20-7-3-16-46(51)49-39-38-45(40-56(49)64)67(61-29-15-24-55-62(61)50-19-6-10-23-54(50)65(55)52-21-8-4-17-47(52)48-18-5-9-22-53(48)65)43-34-30-41(31-35-43)42-32-36-44(37-33-42)68-59-27-13-14-28-60(59)69-58-26-12-11-25-57(58)66-63(68)69/h3-40H,1-2H3. The van der Waals surface area contributed by atoms with E-state index < -0.39 is 5.41 Å². The van der Waals surface area contributed by atoms with Crippen molar-refractivity contribution in [1.82, 2.24) is 14.0 Å². The van der Waals surface area contributed by atoms with Gasteiger partial charge < -0.3 is 4.90 Å². The van der Waals surface area contributed by atoms with Crippen LogP contribution in [0.25, 0.3) is 78.0 Å². The molecule has 3 aliphatic rings. The zero-order valence-electron chi connectivity index (χ0n) is 38.2. The Labute approximate surface area is 400 Å². The predicted octanol–water partition coefficient (Wildman–Crippen LogP) is 16.2. The van der Waals surface area contributed by atoms with Crippen LogP contribution in [-0.2, 0) is 10.8 Å². The number of nitrogens with zero attached hydrogens (tertiary/aromatic N) is 4. The average Bonchev–Trinajstić information content (AvgIpc) is 4.17. The number of aromatic nitrogens is 3. The van der Waals surface area contributed by atoms with Crippen LogP contribution in [0.1, 0.15) is 47.2 Å². The lowest BCUT2D eigenvalue weighted by atomic mass is 9.70. The molecule has 0 N–H and O–H groups in total. The Bertz CT molecular complexity index is 4060. The summed E-state index contributed by atoms with van der Waals surface area (Å²) in [5, 5.41) is 0. The number of rotatable bonds is 5. The molecular weight excluding hydrogens is 837 g/mol. The highest BCUT2D eigenvalue weighted by Crippen LogP contribution is 2.65. The molecule has 0 atom stereocenters. The van der Waals surface area contributed by atoms with Crippen molar-refractivity contribution in [3.63, 3.8) is 0 Å². The molecule has 0 radical (unpaired) electrons. The minimum atomic E-state index is -0.442. The molecule has 0 fully saturated rings. The first-order valence-corrected chi connectivity index (χ1v) is 24.0. The molecule has 2 heterocycles. The number of anilines is 3. The van der Waals surface area contributed by atoms with Gasteiger partial charge >= 0.3 is 0 Å². The Hall–Kier alpha value is -8.73. The lowest BCUT2D eigenvalue weighted by Crippen LogP contribution is -2.26. The van der Waals surface area contributed by atoms with Gasteiger partial charge in [-0.05, 0) is 139 Å². The van der Waals surface area contributed by atoms with Gasteiger partial charge in [-0.25, -0.2) is 4.98 Å². The van der Waals surface area contributed by atoms with E-state index in [9.17, 15) is 0 Å². The highest BCUT2D eigenvalue weighted by Gasteiger charge is 2.52. The molecule has 0 saturated carbocycles. The summed E-state index contributed by atoms with van der Waals surface area (Å²) in [4.78, 5) is 7.64. The van der Waals surface area contributed by atoms with Crippen LogP contribution in [-0.4, -0.2) is 14.0 Å². The molecule has 69 heavy (non-hydrogen) atoms. The zero-order chi connectivity index (χ0) is 45.6. The fourth-order valence-corrected chi connectivity index (χ4v) is 12.8. The van der Waals surface area contributed by atoms with Gasteiger partial charge in [-0.15, -0.1) is 0 Å². The fourth-order valence-electron chi connectivity index (χ4n) is 12.8. The first kappa shape index (κ1) is 38.4. The smallest absolute Gasteiger partial charge is 0.220 e. The highest BCUT2D eigenvalue weighted by atomic mass is 15.2. The van der Waals surface area contributed by atoms with E-state index in [0.29, 0.717) is 0 Å². The quantitative estimate of drug-likeness (QED) is 0.172. The van der Waals surface area contributed by atoms with Gasteiger partial charge in [0.1, 0.15) is 0 Å². The average molecular weight is 881 g/mol. The van der Waals surface area contributed by atoms with Gasteiger partial charge in [0, 0.05) is 28.0 Å². The summed E-state index contributed by atoms with van der Waals surface area (Å²) in [5.41, 5.74) is 26.5. The largest absolute Gasteiger partial charge is 0.310 e. The van der Waals surface area contributed by atoms with Crippen LogP contribution in [0, 0.1) is 0 Å². The van der Waals surface area contributed by atoms with Crippen molar-refractivity contribution >= 4 is 44.9 Å². The summed E-state index contributed by atoms with van der Waals surface area (Å²) in [6.45, 7) is 4.75. The normalized spacial score (nSPS) is 14.2. The van der Waals surface area contributed by atoms with Gasteiger partial charge in [0.15, 0.2) is 0 Å². The maximum atomic E-state index is 5.12. The Kier molecular flexibility index (Phi) is 7.74. The van der Waals surface area contributed by atoms with E-state index in [1.165, 1.54) is 72.4 Å². The molecule has 4 heteroatoms. The van der Waals surface area contributed by atoms with Gasteiger partial charge in [0.25, 0.3) is 0 Å². The molecule has 0 bridgehead atoms. The molecule has 10 aromatic carbocycles. The van der Waals surface area contributed by atoms with E-state index in [-0.39, 0.29) is 5.41 Å². The van der Waals surface area contributed by atoms with E-state index in [2.05, 4.69) is 258 Å². The first-order valence-electron chi connectivity index (χ1n) is 24.0. The van der Waals surface area contributed by atoms with E-state index in [1.807, 2.05) is 0 Å². The Balaban J connectivity index is 0.895. The van der Waals surface area contributed by atoms with Crippen molar-refractivity contribution < 1.29 is 0 Å². The van der Waals surface area contributed by atoms with Gasteiger partial charge in [-0.3, -0.25) is 8.97 Å². The third-order valence-corrected chi connectivity index (χ3v) is 15.8. The maximum absolute atomic E-state index is 5.12. The summed E-state index contributed by atoms with van der Waals surface area (Å²) in [6, 6.07) is 85.5. The van der Waals surface area contributed by atoms with E-state index >= 15 is 0 Å². The Morgan fingerprint density at radius 3 is 1.59 bits per heavy atom. The molecule has 0 saturated heterocycles. The molecule has 0 unspecified atom stereocenters. The summed E-state index contributed by atoms with van der Waals surface area (Å²) < 4.78 is 4.55. The minimum Gasteiger partial charge on any atom is -0.310 e. The van der Waals surface area contributed by atoms with Gasteiger partial charge in [0.05, 0.1) is 33.2 Å².